The molecule has 0 N–H and O–H groups in total. The summed E-state index contributed by atoms with van der Waals surface area (Å²) in [7, 11) is 0. The van der Waals surface area contributed by atoms with E-state index in [9.17, 15) is 9.18 Å². The van der Waals surface area contributed by atoms with Gasteiger partial charge in [-0.15, -0.1) is 5.10 Å². The quantitative estimate of drug-likeness (QED) is 0.696. The van der Waals surface area contributed by atoms with Gasteiger partial charge >= 0.3 is 0 Å². The minimum Gasteiger partial charge on any atom is -0.335 e. The van der Waals surface area contributed by atoms with Crippen LogP contribution in [0.5, 0.6) is 0 Å². The Bertz CT molecular complexity index is 772. The molecule has 138 valence electrons. The predicted octanol–water partition coefficient (Wildman–Crippen LogP) is 3.21. The molecule has 2 aliphatic rings. The zero-order valence-corrected chi connectivity index (χ0v) is 15.4. The number of benzene rings is 1. The number of tetrazole rings is 1. The molecular formula is C18H22FN5OS. The van der Waals surface area contributed by atoms with E-state index in [4.69, 9.17) is 0 Å². The van der Waals surface area contributed by atoms with E-state index in [2.05, 4.69) is 15.5 Å². The SMILES string of the molecule is O=C(CSc1nnnn1C1CCCC1)N(Cc1ccccc1F)C1CC1. The molecule has 1 aromatic carbocycles. The summed E-state index contributed by atoms with van der Waals surface area (Å²) in [6.45, 7) is 0.324. The van der Waals surface area contributed by atoms with Crippen molar-refractivity contribution < 1.29 is 9.18 Å². The highest BCUT2D eigenvalue weighted by Crippen LogP contribution is 2.33. The van der Waals surface area contributed by atoms with Crippen molar-refractivity contribution in [3.8, 4) is 0 Å². The fourth-order valence-electron chi connectivity index (χ4n) is 3.48. The fourth-order valence-corrected chi connectivity index (χ4v) is 4.32. The molecule has 0 atom stereocenters. The number of rotatable bonds is 7. The average molecular weight is 375 g/mol. The first kappa shape index (κ1) is 17.5. The third-order valence-corrected chi connectivity index (χ3v) is 5.98. The van der Waals surface area contributed by atoms with Crippen LogP contribution in [0.25, 0.3) is 0 Å². The number of hydrogen-bond donors (Lipinski definition) is 0. The van der Waals surface area contributed by atoms with E-state index in [0.29, 0.717) is 23.3 Å². The molecule has 26 heavy (non-hydrogen) atoms. The van der Waals surface area contributed by atoms with Crippen LogP contribution in [-0.4, -0.2) is 42.8 Å². The molecule has 0 unspecified atom stereocenters. The molecule has 0 aliphatic heterocycles. The highest BCUT2D eigenvalue weighted by molar-refractivity contribution is 7.99. The van der Waals surface area contributed by atoms with Gasteiger partial charge in [-0.1, -0.05) is 42.8 Å². The Morgan fingerprint density at radius 1 is 1.23 bits per heavy atom. The Kier molecular flexibility index (Phi) is 5.19. The Balaban J connectivity index is 1.40. The van der Waals surface area contributed by atoms with E-state index in [1.165, 1.54) is 30.7 Å². The first-order valence-electron chi connectivity index (χ1n) is 9.16. The summed E-state index contributed by atoms with van der Waals surface area (Å²) in [5.74, 6) is 0.0309. The molecule has 0 bridgehead atoms. The van der Waals surface area contributed by atoms with Gasteiger partial charge in [0, 0.05) is 18.2 Å². The second-order valence-electron chi connectivity index (χ2n) is 6.98. The average Bonchev–Trinajstić information content (AvgIpc) is 3.14. The Morgan fingerprint density at radius 3 is 2.73 bits per heavy atom. The van der Waals surface area contributed by atoms with Gasteiger partial charge in [0.05, 0.1) is 11.8 Å². The van der Waals surface area contributed by atoms with Gasteiger partial charge in [-0.05, 0) is 42.2 Å². The number of carbonyl (C=O) groups is 1. The van der Waals surface area contributed by atoms with Gasteiger partial charge in [0.2, 0.25) is 11.1 Å². The van der Waals surface area contributed by atoms with Crippen LogP contribution in [0, 0.1) is 5.82 Å². The van der Waals surface area contributed by atoms with Gasteiger partial charge in [0.15, 0.2) is 0 Å². The number of nitrogens with zero attached hydrogens (tertiary/aromatic N) is 5. The van der Waals surface area contributed by atoms with E-state index in [-0.39, 0.29) is 23.5 Å². The van der Waals surface area contributed by atoms with E-state index >= 15 is 0 Å². The van der Waals surface area contributed by atoms with Crippen LogP contribution in [0.3, 0.4) is 0 Å². The molecule has 8 heteroatoms. The third-order valence-electron chi connectivity index (χ3n) is 5.06. The van der Waals surface area contributed by atoms with E-state index in [1.807, 2.05) is 4.68 Å². The van der Waals surface area contributed by atoms with Crippen molar-refractivity contribution in [3.63, 3.8) is 0 Å². The van der Waals surface area contributed by atoms with Gasteiger partial charge in [-0.2, -0.15) is 0 Å². The molecule has 2 fully saturated rings. The Hall–Kier alpha value is -1.96. The van der Waals surface area contributed by atoms with E-state index in [1.54, 1.807) is 23.1 Å². The second kappa shape index (κ2) is 7.73. The molecule has 2 saturated carbocycles. The zero-order chi connectivity index (χ0) is 17.9. The van der Waals surface area contributed by atoms with Crippen LogP contribution in [0.1, 0.15) is 50.1 Å². The maximum atomic E-state index is 14.0. The fraction of sp³-hybridized carbons (Fsp3) is 0.556. The molecular weight excluding hydrogens is 353 g/mol. The molecule has 1 aromatic heterocycles. The lowest BCUT2D eigenvalue weighted by Gasteiger charge is -2.22. The lowest BCUT2D eigenvalue weighted by molar-refractivity contribution is -0.129. The number of halogens is 1. The standard InChI is InChI=1S/C18H22FN5OS/c19-16-8-4-1-5-13(16)11-23(14-9-10-14)17(25)12-26-18-20-21-22-24(18)15-6-2-3-7-15/h1,4-5,8,14-15H,2-3,6-7,9-12H2. The molecule has 2 aliphatic carbocycles. The summed E-state index contributed by atoms with van der Waals surface area (Å²) >= 11 is 1.38. The Morgan fingerprint density at radius 2 is 2.00 bits per heavy atom. The maximum absolute atomic E-state index is 14.0. The molecule has 0 radical (unpaired) electrons. The number of thioether (sulfide) groups is 1. The van der Waals surface area contributed by atoms with Crippen LogP contribution in [0.15, 0.2) is 29.4 Å². The van der Waals surface area contributed by atoms with Gasteiger partial charge in [0.1, 0.15) is 5.82 Å². The maximum Gasteiger partial charge on any atom is 0.233 e. The lowest BCUT2D eigenvalue weighted by Crippen LogP contribution is -2.34. The number of aromatic nitrogens is 4. The zero-order valence-electron chi connectivity index (χ0n) is 14.6. The normalized spacial score (nSPS) is 17.6. The van der Waals surface area contributed by atoms with Gasteiger partial charge < -0.3 is 4.90 Å². The minimum absolute atomic E-state index is 0.0155. The number of amides is 1. The van der Waals surface area contributed by atoms with Crippen molar-refractivity contribution in [2.45, 2.75) is 62.3 Å². The van der Waals surface area contributed by atoms with Crippen molar-refractivity contribution in [2.75, 3.05) is 5.75 Å². The van der Waals surface area contributed by atoms with Gasteiger partial charge in [0.25, 0.3) is 0 Å². The first-order chi connectivity index (χ1) is 12.7. The summed E-state index contributed by atoms with van der Waals surface area (Å²) in [5.41, 5.74) is 0.563. The molecule has 1 amide bonds. The number of hydrogen-bond acceptors (Lipinski definition) is 5. The minimum atomic E-state index is -0.260. The summed E-state index contributed by atoms with van der Waals surface area (Å²) in [6.07, 6.45) is 6.56. The Labute approximate surface area is 156 Å². The third kappa shape index (κ3) is 3.90. The smallest absolute Gasteiger partial charge is 0.233 e. The lowest BCUT2D eigenvalue weighted by atomic mass is 10.2. The van der Waals surface area contributed by atoms with Crippen LogP contribution < -0.4 is 0 Å². The highest BCUT2D eigenvalue weighted by atomic mass is 32.2. The van der Waals surface area contributed by atoms with Crippen LogP contribution >= 0.6 is 11.8 Å². The van der Waals surface area contributed by atoms with E-state index in [0.717, 1.165) is 25.7 Å². The van der Waals surface area contributed by atoms with Crippen LogP contribution in [0.2, 0.25) is 0 Å². The highest BCUT2D eigenvalue weighted by Gasteiger charge is 2.33. The molecule has 6 nitrogen and oxygen atoms in total. The van der Waals surface area contributed by atoms with Crippen LogP contribution in [-0.2, 0) is 11.3 Å². The predicted molar refractivity (Wildman–Crippen MR) is 96.0 cm³/mol. The largest absolute Gasteiger partial charge is 0.335 e. The van der Waals surface area contributed by atoms with E-state index < -0.39 is 0 Å². The molecule has 0 spiro atoms. The van der Waals surface area contributed by atoms with Crippen molar-refractivity contribution in [1.82, 2.24) is 25.1 Å². The monoisotopic (exact) mass is 375 g/mol. The van der Waals surface area contributed by atoms with Crippen LogP contribution in [0.4, 0.5) is 4.39 Å². The van der Waals surface area contributed by atoms with Crippen molar-refractivity contribution in [2.24, 2.45) is 0 Å². The topological polar surface area (TPSA) is 63.9 Å². The number of carbonyl (C=O) groups excluding carboxylic acids is 1. The molecule has 2 aromatic rings. The van der Waals surface area contributed by atoms with Gasteiger partial charge in [-0.25, -0.2) is 9.07 Å². The second-order valence-corrected chi connectivity index (χ2v) is 7.92. The summed E-state index contributed by atoms with van der Waals surface area (Å²) in [5, 5.41) is 12.7. The molecule has 0 saturated heterocycles. The molecule has 4 rings (SSSR count). The van der Waals surface area contributed by atoms with Crippen molar-refractivity contribution in [3.05, 3.63) is 35.6 Å². The summed E-state index contributed by atoms with van der Waals surface area (Å²) < 4.78 is 15.8. The van der Waals surface area contributed by atoms with Gasteiger partial charge in [-0.3, -0.25) is 4.79 Å². The van der Waals surface area contributed by atoms with Crippen molar-refractivity contribution >= 4 is 17.7 Å². The first-order valence-corrected chi connectivity index (χ1v) is 10.1. The molecule has 1 heterocycles. The summed E-state index contributed by atoms with van der Waals surface area (Å²) in [4.78, 5) is 14.6. The van der Waals surface area contributed by atoms with Crippen molar-refractivity contribution in [1.29, 1.82) is 0 Å². The summed E-state index contributed by atoms with van der Waals surface area (Å²) in [6, 6.07) is 7.23.